The van der Waals surface area contributed by atoms with E-state index in [1.165, 1.54) is 24.6 Å². The third-order valence-corrected chi connectivity index (χ3v) is 4.52. The van der Waals surface area contributed by atoms with Crippen LogP contribution in [0.25, 0.3) is 4.91 Å². The number of rotatable bonds is 6. The molecule has 112 valence electrons. The molecular formula is C16H21N3OS. The topological polar surface area (TPSA) is 59.2 Å². The third-order valence-electron chi connectivity index (χ3n) is 3.34. The predicted molar refractivity (Wildman–Crippen MR) is 88.1 cm³/mol. The largest absolute Gasteiger partial charge is 0.401 e. The second-order valence-corrected chi connectivity index (χ2v) is 6.51. The lowest BCUT2D eigenvalue weighted by molar-refractivity contribution is -0.125. The number of thioether (sulfide) groups is 1. The second-order valence-electron chi connectivity index (χ2n) is 5.41. The Morgan fingerprint density at radius 1 is 1.57 bits per heavy atom. The molecule has 5 heteroatoms. The molecule has 2 rings (SSSR count). The highest BCUT2D eigenvalue weighted by atomic mass is 32.2. The van der Waals surface area contributed by atoms with Crippen LogP contribution in [0, 0.1) is 5.92 Å². The average molecular weight is 303 g/mol. The van der Waals surface area contributed by atoms with E-state index in [4.69, 9.17) is 5.73 Å². The summed E-state index contributed by atoms with van der Waals surface area (Å²) < 4.78 is 0. The Balaban J connectivity index is 2.07. The molecule has 0 unspecified atom stereocenters. The van der Waals surface area contributed by atoms with Crippen LogP contribution in [-0.2, 0) is 4.79 Å². The molecule has 0 aliphatic heterocycles. The molecule has 4 nitrogen and oxygen atoms in total. The average Bonchev–Trinajstić information content (AvgIpc) is 3.28. The minimum Gasteiger partial charge on any atom is -0.401 e. The Morgan fingerprint density at radius 3 is 2.81 bits per heavy atom. The summed E-state index contributed by atoms with van der Waals surface area (Å²) in [7, 11) is 1.83. The standard InChI is InChI=1S/C16H21N3OS/c1-11(17)15(16(20)19(3)10-13-6-7-13)21-12(2)14-5-4-8-18-9-14/h4-5,8-9,13H,2,6-7,10,17H2,1,3H3/b15-11-. The molecule has 0 bridgehead atoms. The van der Waals surface area contributed by atoms with Crippen LogP contribution < -0.4 is 5.73 Å². The van der Waals surface area contributed by atoms with Crippen molar-refractivity contribution < 1.29 is 4.79 Å². The SMILES string of the molecule is C=C(S/C(C(=O)N(C)CC1CC1)=C(/C)N)c1cccnc1. The molecule has 1 aliphatic carbocycles. The minimum atomic E-state index is -0.0306. The molecule has 0 saturated heterocycles. The van der Waals surface area contributed by atoms with Gasteiger partial charge in [-0.3, -0.25) is 9.78 Å². The summed E-state index contributed by atoms with van der Waals surface area (Å²) in [5.74, 6) is 0.627. The first-order valence-corrected chi connectivity index (χ1v) is 7.79. The molecule has 1 aromatic rings. The fraction of sp³-hybridized carbons (Fsp3) is 0.375. The summed E-state index contributed by atoms with van der Waals surface area (Å²) in [5.41, 5.74) is 7.33. The molecular weight excluding hydrogens is 282 g/mol. The number of carbonyl (C=O) groups is 1. The van der Waals surface area contributed by atoms with E-state index in [9.17, 15) is 4.79 Å². The highest BCUT2D eigenvalue weighted by Gasteiger charge is 2.27. The molecule has 21 heavy (non-hydrogen) atoms. The van der Waals surface area contributed by atoms with E-state index >= 15 is 0 Å². The van der Waals surface area contributed by atoms with Crippen molar-refractivity contribution in [3.63, 3.8) is 0 Å². The third kappa shape index (κ3) is 4.36. The number of amides is 1. The molecule has 0 radical (unpaired) electrons. The number of pyridine rings is 1. The van der Waals surface area contributed by atoms with Crippen molar-refractivity contribution in [2.75, 3.05) is 13.6 Å². The van der Waals surface area contributed by atoms with E-state index in [1.807, 2.05) is 19.2 Å². The molecule has 1 aliphatic rings. The lowest BCUT2D eigenvalue weighted by Crippen LogP contribution is -2.30. The van der Waals surface area contributed by atoms with Gasteiger partial charge in [0, 0.05) is 42.2 Å². The van der Waals surface area contributed by atoms with Gasteiger partial charge in [0.2, 0.25) is 0 Å². The van der Waals surface area contributed by atoms with E-state index in [2.05, 4.69) is 11.6 Å². The van der Waals surface area contributed by atoms with E-state index in [-0.39, 0.29) is 5.91 Å². The maximum atomic E-state index is 12.5. The Bertz CT molecular complexity index is 560. The van der Waals surface area contributed by atoms with E-state index in [0.717, 1.165) is 17.0 Å². The van der Waals surface area contributed by atoms with Crippen LogP contribution in [0.1, 0.15) is 25.3 Å². The normalized spacial score (nSPS) is 15.3. The summed E-state index contributed by atoms with van der Waals surface area (Å²) in [4.78, 5) is 19.7. The van der Waals surface area contributed by atoms with Crippen molar-refractivity contribution >= 4 is 22.6 Å². The van der Waals surface area contributed by atoms with Gasteiger partial charge >= 0.3 is 0 Å². The molecule has 1 saturated carbocycles. The van der Waals surface area contributed by atoms with Gasteiger partial charge in [0.25, 0.3) is 5.91 Å². The van der Waals surface area contributed by atoms with Crippen LogP contribution in [0.4, 0.5) is 0 Å². The van der Waals surface area contributed by atoms with Crippen molar-refractivity contribution in [3.05, 3.63) is 47.3 Å². The first kappa shape index (κ1) is 15.6. The van der Waals surface area contributed by atoms with Gasteiger partial charge in [-0.05, 0) is 31.7 Å². The van der Waals surface area contributed by atoms with E-state index in [0.29, 0.717) is 16.5 Å². The summed E-state index contributed by atoms with van der Waals surface area (Å²) >= 11 is 1.32. The zero-order valence-corrected chi connectivity index (χ0v) is 13.3. The van der Waals surface area contributed by atoms with Gasteiger partial charge in [0.1, 0.15) is 0 Å². The molecule has 0 atom stereocenters. The van der Waals surface area contributed by atoms with Crippen LogP contribution in [0.5, 0.6) is 0 Å². The number of nitrogens with zero attached hydrogens (tertiary/aromatic N) is 2. The second kappa shape index (κ2) is 6.80. The lowest BCUT2D eigenvalue weighted by Gasteiger charge is -2.19. The fourth-order valence-electron chi connectivity index (χ4n) is 1.95. The molecule has 0 aromatic carbocycles. The van der Waals surface area contributed by atoms with Crippen molar-refractivity contribution in [1.29, 1.82) is 0 Å². The van der Waals surface area contributed by atoms with Crippen molar-refractivity contribution in [3.8, 4) is 0 Å². The number of carbonyl (C=O) groups excluding carboxylic acids is 1. The molecule has 0 spiro atoms. The number of allylic oxidation sites excluding steroid dienone is 1. The monoisotopic (exact) mass is 303 g/mol. The molecule has 1 fully saturated rings. The molecule has 2 N–H and O–H groups in total. The zero-order chi connectivity index (χ0) is 15.4. The van der Waals surface area contributed by atoms with Crippen molar-refractivity contribution in [2.45, 2.75) is 19.8 Å². The highest BCUT2D eigenvalue weighted by Crippen LogP contribution is 2.35. The smallest absolute Gasteiger partial charge is 0.262 e. The first-order valence-electron chi connectivity index (χ1n) is 6.98. The summed E-state index contributed by atoms with van der Waals surface area (Å²) in [5, 5.41) is 0. The Hall–Kier alpha value is -1.75. The maximum absolute atomic E-state index is 12.5. The Kier molecular flexibility index (Phi) is 5.07. The molecule has 1 amide bonds. The van der Waals surface area contributed by atoms with Crippen LogP contribution in [0.2, 0.25) is 0 Å². The van der Waals surface area contributed by atoms with Gasteiger partial charge < -0.3 is 10.6 Å². The number of hydrogen-bond acceptors (Lipinski definition) is 4. The van der Waals surface area contributed by atoms with Crippen LogP contribution >= 0.6 is 11.8 Å². The van der Waals surface area contributed by atoms with E-state index < -0.39 is 0 Å². The lowest BCUT2D eigenvalue weighted by atomic mass is 10.3. The van der Waals surface area contributed by atoms with Gasteiger partial charge in [-0.2, -0.15) is 0 Å². The van der Waals surface area contributed by atoms with Gasteiger partial charge in [-0.1, -0.05) is 24.4 Å². The predicted octanol–water partition coefficient (Wildman–Crippen LogP) is 2.84. The number of aromatic nitrogens is 1. The van der Waals surface area contributed by atoms with Crippen molar-refractivity contribution in [1.82, 2.24) is 9.88 Å². The molecule has 1 aromatic heterocycles. The van der Waals surface area contributed by atoms with Gasteiger partial charge in [0.15, 0.2) is 0 Å². The van der Waals surface area contributed by atoms with Crippen molar-refractivity contribution in [2.24, 2.45) is 11.7 Å². The number of hydrogen-bond donors (Lipinski definition) is 1. The number of nitrogens with two attached hydrogens (primary N) is 1. The summed E-state index contributed by atoms with van der Waals surface area (Å²) in [6.07, 6.45) is 5.87. The quantitative estimate of drug-likeness (QED) is 0.821. The Morgan fingerprint density at radius 2 is 2.29 bits per heavy atom. The van der Waals surface area contributed by atoms with Crippen LogP contribution in [0.15, 0.2) is 41.7 Å². The maximum Gasteiger partial charge on any atom is 0.262 e. The van der Waals surface area contributed by atoms with Gasteiger partial charge in [-0.15, -0.1) is 0 Å². The van der Waals surface area contributed by atoms with Gasteiger partial charge in [0.05, 0.1) is 4.91 Å². The van der Waals surface area contributed by atoms with Crippen LogP contribution in [0.3, 0.4) is 0 Å². The van der Waals surface area contributed by atoms with Crippen LogP contribution in [-0.4, -0.2) is 29.4 Å². The van der Waals surface area contributed by atoms with E-state index in [1.54, 1.807) is 24.2 Å². The summed E-state index contributed by atoms with van der Waals surface area (Å²) in [6, 6.07) is 3.77. The minimum absolute atomic E-state index is 0.0306. The van der Waals surface area contributed by atoms with Gasteiger partial charge in [-0.25, -0.2) is 0 Å². The zero-order valence-electron chi connectivity index (χ0n) is 12.5. The first-order chi connectivity index (χ1) is 9.99. The number of likely N-dealkylation sites (N-methyl/N-ethyl adjacent to an activating group) is 1. The molecule has 1 heterocycles. The summed E-state index contributed by atoms with van der Waals surface area (Å²) in [6.45, 7) is 6.58. The Labute approximate surface area is 130 Å². The highest BCUT2D eigenvalue weighted by molar-refractivity contribution is 8.12. The fourth-order valence-corrected chi connectivity index (χ4v) is 2.84.